The fourth-order valence-electron chi connectivity index (χ4n) is 1.39. The molecule has 2 nitrogen and oxygen atoms in total. The molecule has 0 fully saturated rings. The van der Waals surface area contributed by atoms with Crippen LogP contribution >= 0.6 is 0 Å². The van der Waals surface area contributed by atoms with Crippen LogP contribution in [0, 0.1) is 11.2 Å². The molecular formula is C12H18FNO. The average Bonchev–Trinajstić information content (AvgIpc) is 2.21. The maximum Gasteiger partial charge on any atom is 0.130 e. The number of halogens is 1. The van der Waals surface area contributed by atoms with E-state index in [9.17, 15) is 4.39 Å². The first kappa shape index (κ1) is 12.0. The molecule has 15 heavy (non-hydrogen) atoms. The zero-order valence-corrected chi connectivity index (χ0v) is 9.51. The Morgan fingerprint density at radius 3 is 2.53 bits per heavy atom. The Hall–Kier alpha value is -1.09. The van der Waals surface area contributed by atoms with Gasteiger partial charge in [-0.25, -0.2) is 4.39 Å². The molecular weight excluding hydrogens is 193 g/mol. The Labute approximate surface area is 90.2 Å². The number of rotatable bonds is 4. The molecule has 1 rings (SSSR count). The number of benzene rings is 1. The highest BCUT2D eigenvalue weighted by Gasteiger charge is 2.18. The fraction of sp³-hybridized carbons (Fsp3) is 0.500. The first-order valence-corrected chi connectivity index (χ1v) is 5.01. The molecule has 0 heterocycles. The minimum absolute atomic E-state index is 0.0740. The lowest BCUT2D eigenvalue weighted by atomic mass is 9.86. The van der Waals surface area contributed by atoms with Crippen molar-refractivity contribution in [3.05, 3.63) is 29.6 Å². The van der Waals surface area contributed by atoms with Gasteiger partial charge in [0.25, 0.3) is 0 Å². The highest BCUT2D eigenvalue weighted by Crippen LogP contribution is 2.24. The van der Waals surface area contributed by atoms with Crippen LogP contribution in [0.15, 0.2) is 18.2 Å². The molecule has 0 saturated heterocycles. The highest BCUT2D eigenvalue weighted by molar-refractivity contribution is 5.29. The SMILES string of the molecule is COc1ccc(CC(C)(C)CN)c(F)c1. The van der Waals surface area contributed by atoms with E-state index in [-0.39, 0.29) is 11.2 Å². The van der Waals surface area contributed by atoms with Crippen LogP contribution in [0.4, 0.5) is 4.39 Å². The number of methoxy groups -OCH3 is 1. The van der Waals surface area contributed by atoms with Crippen molar-refractivity contribution in [3.63, 3.8) is 0 Å². The Balaban J connectivity index is 2.87. The maximum atomic E-state index is 13.6. The van der Waals surface area contributed by atoms with Gasteiger partial charge in [0.1, 0.15) is 11.6 Å². The number of nitrogens with two attached hydrogens (primary N) is 1. The van der Waals surface area contributed by atoms with Crippen LogP contribution in [0.2, 0.25) is 0 Å². The van der Waals surface area contributed by atoms with E-state index < -0.39 is 0 Å². The van der Waals surface area contributed by atoms with Crippen molar-refractivity contribution in [3.8, 4) is 5.75 Å². The van der Waals surface area contributed by atoms with E-state index >= 15 is 0 Å². The van der Waals surface area contributed by atoms with Crippen LogP contribution in [-0.4, -0.2) is 13.7 Å². The molecule has 84 valence electrons. The molecule has 0 atom stereocenters. The maximum absolute atomic E-state index is 13.6. The third-order valence-electron chi connectivity index (χ3n) is 2.48. The van der Waals surface area contributed by atoms with Crippen molar-refractivity contribution in [2.45, 2.75) is 20.3 Å². The number of hydrogen-bond donors (Lipinski definition) is 1. The summed E-state index contributed by atoms with van der Waals surface area (Å²) < 4.78 is 18.5. The van der Waals surface area contributed by atoms with Crippen molar-refractivity contribution in [1.82, 2.24) is 0 Å². The summed E-state index contributed by atoms with van der Waals surface area (Å²) >= 11 is 0. The Morgan fingerprint density at radius 2 is 2.07 bits per heavy atom. The minimum atomic E-state index is -0.226. The minimum Gasteiger partial charge on any atom is -0.497 e. The fourth-order valence-corrected chi connectivity index (χ4v) is 1.39. The second kappa shape index (κ2) is 4.62. The van der Waals surface area contributed by atoms with Crippen LogP contribution in [0.5, 0.6) is 5.75 Å². The molecule has 0 aliphatic heterocycles. The summed E-state index contributed by atoms with van der Waals surface area (Å²) in [6.45, 7) is 4.59. The van der Waals surface area contributed by atoms with E-state index in [0.717, 1.165) is 0 Å². The molecule has 1 aromatic carbocycles. The van der Waals surface area contributed by atoms with Gasteiger partial charge in [0.05, 0.1) is 7.11 Å². The predicted octanol–water partition coefficient (Wildman–Crippen LogP) is 2.36. The van der Waals surface area contributed by atoms with E-state index in [1.165, 1.54) is 13.2 Å². The van der Waals surface area contributed by atoms with Crippen molar-refractivity contribution in [2.24, 2.45) is 11.1 Å². The molecule has 0 saturated carbocycles. The van der Waals surface area contributed by atoms with Crippen LogP contribution < -0.4 is 10.5 Å². The highest BCUT2D eigenvalue weighted by atomic mass is 19.1. The summed E-state index contributed by atoms with van der Waals surface area (Å²) in [5.74, 6) is 0.317. The number of hydrogen-bond acceptors (Lipinski definition) is 2. The molecule has 0 bridgehead atoms. The molecule has 0 spiro atoms. The average molecular weight is 211 g/mol. The van der Waals surface area contributed by atoms with Crippen molar-refractivity contribution in [1.29, 1.82) is 0 Å². The van der Waals surface area contributed by atoms with Crippen molar-refractivity contribution < 1.29 is 9.13 Å². The summed E-state index contributed by atoms with van der Waals surface area (Å²) in [4.78, 5) is 0. The third-order valence-corrected chi connectivity index (χ3v) is 2.48. The summed E-state index contributed by atoms with van der Waals surface area (Å²) in [7, 11) is 1.53. The van der Waals surface area contributed by atoms with Gasteiger partial charge in [0.2, 0.25) is 0 Å². The molecule has 3 heteroatoms. The number of ether oxygens (including phenoxy) is 1. The Bertz CT molecular complexity index is 336. The molecule has 0 radical (unpaired) electrons. The lowest BCUT2D eigenvalue weighted by Gasteiger charge is -2.22. The van der Waals surface area contributed by atoms with E-state index in [1.807, 2.05) is 13.8 Å². The molecule has 2 N–H and O–H groups in total. The largest absolute Gasteiger partial charge is 0.497 e. The smallest absolute Gasteiger partial charge is 0.130 e. The van der Waals surface area contributed by atoms with Gasteiger partial charge in [-0.2, -0.15) is 0 Å². The monoisotopic (exact) mass is 211 g/mol. The standard InChI is InChI=1S/C12H18FNO/c1-12(2,8-14)7-9-4-5-10(15-3)6-11(9)13/h4-6H,7-8,14H2,1-3H3. The van der Waals surface area contributed by atoms with E-state index in [1.54, 1.807) is 12.1 Å². The molecule has 1 aromatic rings. The van der Waals surface area contributed by atoms with Gasteiger partial charge in [-0.1, -0.05) is 19.9 Å². The van der Waals surface area contributed by atoms with Crippen LogP contribution in [0.1, 0.15) is 19.4 Å². The first-order chi connectivity index (χ1) is 6.98. The van der Waals surface area contributed by atoms with Gasteiger partial charge in [-0.15, -0.1) is 0 Å². The molecule has 0 aliphatic carbocycles. The van der Waals surface area contributed by atoms with Gasteiger partial charge >= 0.3 is 0 Å². The summed E-state index contributed by atoms with van der Waals surface area (Å²) in [5, 5.41) is 0. The molecule has 0 aliphatic rings. The Kier molecular flexibility index (Phi) is 3.69. The summed E-state index contributed by atoms with van der Waals surface area (Å²) in [6.07, 6.45) is 0.638. The van der Waals surface area contributed by atoms with E-state index in [4.69, 9.17) is 10.5 Å². The second-order valence-corrected chi connectivity index (χ2v) is 4.50. The molecule has 0 amide bonds. The molecule has 0 aromatic heterocycles. The first-order valence-electron chi connectivity index (χ1n) is 5.01. The van der Waals surface area contributed by atoms with Crippen LogP contribution in [0.25, 0.3) is 0 Å². The Morgan fingerprint density at radius 1 is 1.40 bits per heavy atom. The van der Waals surface area contributed by atoms with Crippen molar-refractivity contribution >= 4 is 0 Å². The molecule has 0 unspecified atom stereocenters. The van der Waals surface area contributed by atoms with Gasteiger partial charge < -0.3 is 10.5 Å². The predicted molar refractivity (Wildman–Crippen MR) is 59.5 cm³/mol. The van der Waals surface area contributed by atoms with Crippen LogP contribution in [0.3, 0.4) is 0 Å². The summed E-state index contributed by atoms with van der Waals surface area (Å²) in [6, 6.07) is 4.93. The lowest BCUT2D eigenvalue weighted by molar-refractivity contribution is 0.368. The topological polar surface area (TPSA) is 35.2 Å². The van der Waals surface area contributed by atoms with Crippen molar-refractivity contribution in [2.75, 3.05) is 13.7 Å². The van der Waals surface area contributed by atoms with Crippen LogP contribution in [-0.2, 0) is 6.42 Å². The van der Waals surface area contributed by atoms with Gasteiger partial charge in [0, 0.05) is 6.07 Å². The summed E-state index contributed by atoms with van der Waals surface area (Å²) in [5.41, 5.74) is 6.23. The van der Waals surface area contributed by atoms with E-state index in [0.29, 0.717) is 24.3 Å². The van der Waals surface area contributed by atoms with Gasteiger partial charge in [-0.05, 0) is 30.0 Å². The zero-order chi connectivity index (χ0) is 11.5. The van der Waals surface area contributed by atoms with Gasteiger partial charge in [0.15, 0.2) is 0 Å². The normalized spacial score (nSPS) is 11.5. The third kappa shape index (κ3) is 3.20. The second-order valence-electron chi connectivity index (χ2n) is 4.50. The van der Waals surface area contributed by atoms with Gasteiger partial charge in [-0.3, -0.25) is 0 Å². The lowest BCUT2D eigenvalue weighted by Crippen LogP contribution is -2.26. The quantitative estimate of drug-likeness (QED) is 0.829. The van der Waals surface area contributed by atoms with E-state index in [2.05, 4.69) is 0 Å². The zero-order valence-electron chi connectivity index (χ0n) is 9.51.